The Labute approximate surface area is 125 Å². The predicted octanol–water partition coefficient (Wildman–Crippen LogP) is 3.04. The summed E-state index contributed by atoms with van der Waals surface area (Å²) in [7, 11) is 0. The summed E-state index contributed by atoms with van der Waals surface area (Å²) in [5, 5.41) is 8.85. The van der Waals surface area contributed by atoms with Crippen LogP contribution in [0.5, 0.6) is 0 Å². The van der Waals surface area contributed by atoms with Crippen LogP contribution in [-0.4, -0.2) is 34.5 Å². The van der Waals surface area contributed by atoms with Gasteiger partial charge in [-0.1, -0.05) is 30.3 Å². The number of aliphatic carboxylic acids is 1. The average Bonchev–Trinajstić information content (AvgIpc) is 2.52. The van der Waals surface area contributed by atoms with Gasteiger partial charge in [0.05, 0.1) is 5.92 Å². The van der Waals surface area contributed by atoms with Crippen molar-refractivity contribution in [2.24, 2.45) is 0 Å². The first kappa shape index (κ1) is 15.5. The molecule has 1 unspecified atom stereocenters. The summed E-state index contributed by atoms with van der Waals surface area (Å²) in [5.41, 5.74) is 1.02. The van der Waals surface area contributed by atoms with Gasteiger partial charge >= 0.3 is 5.97 Å². The molecule has 1 fully saturated rings. The topological polar surface area (TPSA) is 57.6 Å². The molecule has 2 atom stereocenters. The highest BCUT2D eigenvalue weighted by Gasteiger charge is 2.30. The molecule has 1 aliphatic rings. The summed E-state index contributed by atoms with van der Waals surface area (Å²) in [5.74, 6) is -0.836. The standard InChI is InChI=1S/C17H23NO3/c1-13(14-7-3-2-4-8-14)17(21)18-12-6-5-9-15(18)10-11-16(19)20/h2-4,7-8,13,15H,5-6,9-12H2,1H3,(H,19,20)/t13-,15?/m0/s1. The molecule has 1 amide bonds. The zero-order valence-electron chi connectivity index (χ0n) is 12.5. The van der Waals surface area contributed by atoms with Gasteiger partial charge in [-0.25, -0.2) is 0 Å². The van der Waals surface area contributed by atoms with Gasteiger partial charge in [-0.15, -0.1) is 0 Å². The third kappa shape index (κ3) is 4.06. The van der Waals surface area contributed by atoms with Crippen LogP contribution in [0.3, 0.4) is 0 Å². The number of carbonyl (C=O) groups excluding carboxylic acids is 1. The monoisotopic (exact) mass is 289 g/mol. The van der Waals surface area contributed by atoms with Crippen LogP contribution in [0.1, 0.15) is 50.5 Å². The maximum absolute atomic E-state index is 12.7. The van der Waals surface area contributed by atoms with Crippen LogP contribution < -0.4 is 0 Å². The number of nitrogens with zero attached hydrogens (tertiary/aromatic N) is 1. The fraction of sp³-hybridized carbons (Fsp3) is 0.529. The van der Waals surface area contributed by atoms with E-state index in [0.717, 1.165) is 31.4 Å². The molecule has 1 heterocycles. The van der Waals surface area contributed by atoms with E-state index in [9.17, 15) is 9.59 Å². The molecule has 1 saturated heterocycles. The number of amides is 1. The molecule has 1 N–H and O–H groups in total. The van der Waals surface area contributed by atoms with Crippen molar-refractivity contribution in [2.45, 2.75) is 51.0 Å². The first-order chi connectivity index (χ1) is 10.1. The van der Waals surface area contributed by atoms with Crippen molar-refractivity contribution in [1.29, 1.82) is 0 Å². The quantitative estimate of drug-likeness (QED) is 0.906. The summed E-state index contributed by atoms with van der Waals surface area (Å²) in [6, 6.07) is 9.84. The number of hydrogen-bond donors (Lipinski definition) is 1. The highest BCUT2D eigenvalue weighted by molar-refractivity contribution is 5.83. The smallest absolute Gasteiger partial charge is 0.303 e. The Morgan fingerprint density at radius 2 is 2.00 bits per heavy atom. The number of carboxylic acids is 1. The fourth-order valence-corrected chi connectivity index (χ4v) is 3.01. The number of likely N-dealkylation sites (tertiary alicyclic amines) is 1. The van der Waals surface area contributed by atoms with Crippen molar-refractivity contribution in [1.82, 2.24) is 4.90 Å². The van der Waals surface area contributed by atoms with Crippen molar-refractivity contribution in [3.8, 4) is 0 Å². The first-order valence-electron chi connectivity index (χ1n) is 7.67. The van der Waals surface area contributed by atoms with E-state index < -0.39 is 5.97 Å². The van der Waals surface area contributed by atoms with E-state index in [1.54, 1.807) is 0 Å². The Kier molecular flexibility index (Phi) is 5.37. The molecule has 0 radical (unpaired) electrons. The zero-order valence-corrected chi connectivity index (χ0v) is 12.5. The molecule has 1 aromatic rings. The molecule has 0 bridgehead atoms. The SMILES string of the molecule is C[C@H](C(=O)N1CCCCC1CCC(=O)O)c1ccccc1. The van der Waals surface area contributed by atoms with Crippen LogP contribution >= 0.6 is 0 Å². The summed E-state index contributed by atoms with van der Waals surface area (Å²) >= 11 is 0. The van der Waals surface area contributed by atoms with Gasteiger partial charge in [0.15, 0.2) is 0 Å². The molecule has 1 aliphatic heterocycles. The average molecular weight is 289 g/mol. The Hall–Kier alpha value is -1.84. The number of piperidine rings is 1. The van der Waals surface area contributed by atoms with Gasteiger partial charge in [0, 0.05) is 19.0 Å². The Morgan fingerprint density at radius 3 is 2.67 bits per heavy atom. The fourth-order valence-electron chi connectivity index (χ4n) is 3.01. The highest BCUT2D eigenvalue weighted by atomic mass is 16.4. The van der Waals surface area contributed by atoms with E-state index in [1.807, 2.05) is 42.2 Å². The number of hydrogen-bond acceptors (Lipinski definition) is 2. The van der Waals surface area contributed by atoms with E-state index in [-0.39, 0.29) is 24.3 Å². The highest BCUT2D eigenvalue weighted by Crippen LogP contribution is 2.26. The van der Waals surface area contributed by atoms with E-state index in [4.69, 9.17) is 5.11 Å². The van der Waals surface area contributed by atoms with Crippen molar-refractivity contribution < 1.29 is 14.7 Å². The molecule has 0 saturated carbocycles. The number of carboxylic acid groups (broad SMARTS) is 1. The van der Waals surface area contributed by atoms with Crippen LogP contribution in [0.25, 0.3) is 0 Å². The zero-order chi connectivity index (χ0) is 15.2. The van der Waals surface area contributed by atoms with Gasteiger partial charge in [-0.3, -0.25) is 9.59 Å². The second-order valence-corrected chi connectivity index (χ2v) is 5.75. The van der Waals surface area contributed by atoms with Crippen LogP contribution in [0.15, 0.2) is 30.3 Å². The lowest BCUT2D eigenvalue weighted by Gasteiger charge is -2.37. The summed E-state index contributed by atoms with van der Waals surface area (Å²) in [6.07, 6.45) is 3.70. The third-order valence-corrected chi connectivity index (χ3v) is 4.27. The molecule has 0 aliphatic carbocycles. The van der Waals surface area contributed by atoms with Crippen LogP contribution in [0, 0.1) is 0 Å². The molecular weight excluding hydrogens is 266 g/mol. The summed E-state index contributed by atoms with van der Waals surface area (Å²) in [4.78, 5) is 25.4. The minimum Gasteiger partial charge on any atom is -0.481 e. The van der Waals surface area contributed by atoms with E-state index in [0.29, 0.717) is 6.42 Å². The lowest BCUT2D eigenvalue weighted by Crippen LogP contribution is -2.45. The third-order valence-electron chi connectivity index (χ3n) is 4.27. The molecule has 4 nitrogen and oxygen atoms in total. The molecule has 0 spiro atoms. The minimum atomic E-state index is -0.788. The largest absolute Gasteiger partial charge is 0.481 e. The van der Waals surface area contributed by atoms with Crippen LogP contribution in [0.2, 0.25) is 0 Å². The first-order valence-corrected chi connectivity index (χ1v) is 7.67. The molecule has 21 heavy (non-hydrogen) atoms. The van der Waals surface area contributed by atoms with E-state index in [2.05, 4.69) is 0 Å². The number of carbonyl (C=O) groups is 2. The lowest BCUT2D eigenvalue weighted by molar-refractivity contribution is -0.140. The molecule has 114 valence electrons. The second-order valence-electron chi connectivity index (χ2n) is 5.75. The maximum Gasteiger partial charge on any atom is 0.303 e. The van der Waals surface area contributed by atoms with Gasteiger partial charge < -0.3 is 10.0 Å². The molecule has 4 heteroatoms. The van der Waals surface area contributed by atoms with Crippen LogP contribution in [0.4, 0.5) is 0 Å². The van der Waals surface area contributed by atoms with E-state index in [1.165, 1.54) is 0 Å². The van der Waals surface area contributed by atoms with E-state index >= 15 is 0 Å². The summed E-state index contributed by atoms with van der Waals surface area (Å²) < 4.78 is 0. The minimum absolute atomic E-state index is 0.0773. The summed E-state index contributed by atoms with van der Waals surface area (Å²) in [6.45, 7) is 2.68. The predicted molar refractivity (Wildman–Crippen MR) is 81.1 cm³/mol. The van der Waals surface area contributed by atoms with Crippen molar-refractivity contribution in [3.63, 3.8) is 0 Å². The molecular formula is C17H23NO3. The van der Waals surface area contributed by atoms with Crippen molar-refractivity contribution in [3.05, 3.63) is 35.9 Å². The lowest BCUT2D eigenvalue weighted by atomic mass is 9.93. The van der Waals surface area contributed by atoms with Crippen LogP contribution in [-0.2, 0) is 9.59 Å². The van der Waals surface area contributed by atoms with Gasteiger partial charge in [-0.05, 0) is 38.2 Å². The second kappa shape index (κ2) is 7.25. The van der Waals surface area contributed by atoms with Crippen molar-refractivity contribution >= 4 is 11.9 Å². The molecule has 0 aromatic heterocycles. The number of benzene rings is 1. The van der Waals surface area contributed by atoms with Gasteiger partial charge in [-0.2, -0.15) is 0 Å². The van der Waals surface area contributed by atoms with Gasteiger partial charge in [0.1, 0.15) is 0 Å². The Balaban J connectivity index is 2.05. The maximum atomic E-state index is 12.7. The van der Waals surface area contributed by atoms with Gasteiger partial charge in [0.2, 0.25) is 5.91 Å². The Bertz CT molecular complexity index is 486. The van der Waals surface area contributed by atoms with Crippen molar-refractivity contribution in [2.75, 3.05) is 6.54 Å². The molecule has 2 rings (SSSR count). The van der Waals surface area contributed by atoms with Gasteiger partial charge in [0.25, 0.3) is 0 Å². The Morgan fingerprint density at radius 1 is 1.29 bits per heavy atom. The number of rotatable bonds is 5. The molecule has 1 aromatic carbocycles. The normalized spacial score (nSPS) is 20.0.